The predicted molar refractivity (Wildman–Crippen MR) is 361 cm³/mol. The van der Waals surface area contributed by atoms with Gasteiger partial charge in [0.05, 0.1) is 37.3 Å². The van der Waals surface area contributed by atoms with E-state index in [4.69, 9.17) is 37.0 Å². The number of furan rings is 2. The summed E-state index contributed by atoms with van der Waals surface area (Å²) in [6.07, 6.45) is 8.21. The van der Waals surface area contributed by atoms with Crippen LogP contribution in [0.3, 0.4) is 0 Å². The summed E-state index contributed by atoms with van der Waals surface area (Å²) in [4.78, 5) is 91.6. The first-order valence-electron chi connectivity index (χ1n) is 32.5. The summed E-state index contributed by atoms with van der Waals surface area (Å²) < 4.78 is 50.7. The monoisotopic (exact) mass is 1330 g/mol. The van der Waals surface area contributed by atoms with Gasteiger partial charge in [-0.05, 0) is 96.5 Å². The van der Waals surface area contributed by atoms with Gasteiger partial charge in [-0.25, -0.2) is 19.2 Å². The molecule has 2 heterocycles. The second kappa shape index (κ2) is 38.3. The molecule has 0 fully saturated rings. The first-order chi connectivity index (χ1) is 46.9. The van der Waals surface area contributed by atoms with Crippen molar-refractivity contribution >= 4 is 44.7 Å². The zero-order valence-corrected chi connectivity index (χ0v) is 55.5. The standard InChI is InChI=1S/C74H83N6O15P/c1-5-9-15-33-63(65(7-3)79(51-81)90-47-55-29-21-13-22-30-55)71(83)75-49-77-73(85)69-37-35-67(92-69)57-39-59(88-45-53-25-17-11-18-26-53)43-61(41-57)94-96(87)95-62-42-58(40-60(44-62)89-46-54-27-19-12-20-28-54)68-36-38-70(93-68)74(86)78-50-76-72(84)64(34-16-10-6-2)66(8-4)80(52-82)91-48-56-31-23-14-24-32-56/h11-14,17-32,35-44,51-52,63-66H,5-10,15-16,33-34,45-50H2,1-4H3,(H3-,75,76,77,78,83,84,85,86)/p+1/t63-,64-,65-,66-/m1/s1. The molecule has 4 N–H and O–H groups in total. The molecule has 0 radical (unpaired) electrons. The van der Waals surface area contributed by atoms with Gasteiger partial charge in [0.15, 0.2) is 23.0 Å². The van der Waals surface area contributed by atoms with E-state index in [9.17, 15) is 33.3 Å². The van der Waals surface area contributed by atoms with Crippen LogP contribution in [0, 0.1) is 11.8 Å². The minimum atomic E-state index is -3.00. The van der Waals surface area contributed by atoms with Gasteiger partial charge >= 0.3 is 8.25 Å². The van der Waals surface area contributed by atoms with Crippen LogP contribution in [0.5, 0.6) is 23.0 Å². The number of hydrogen-bond donors (Lipinski definition) is 4. The number of unbranched alkanes of at least 4 members (excludes halogenated alkanes) is 4. The van der Waals surface area contributed by atoms with E-state index in [0.29, 0.717) is 61.1 Å². The fraction of sp³-hybridized carbons (Fsp3) is 0.324. The average Bonchev–Trinajstić information content (AvgIpc) is 1.35. The molecule has 0 aliphatic carbocycles. The van der Waals surface area contributed by atoms with Crippen LogP contribution in [-0.2, 0) is 59.8 Å². The van der Waals surface area contributed by atoms with Crippen molar-refractivity contribution < 1.29 is 70.4 Å². The highest BCUT2D eigenvalue weighted by molar-refractivity contribution is 7.34. The highest BCUT2D eigenvalue weighted by Gasteiger charge is 2.34. The summed E-state index contributed by atoms with van der Waals surface area (Å²) in [6.45, 7) is 8.05. The quantitative estimate of drug-likeness (QED) is 0.00912. The number of hydroxylamine groups is 4. The van der Waals surface area contributed by atoms with Crippen molar-refractivity contribution in [3.8, 4) is 45.6 Å². The number of rotatable bonds is 42. The maximum atomic E-state index is 14.1. The van der Waals surface area contributed by atoms with Crippen LogP contribution in [-0.4, -0.2) is 72.0 Å². The van der Waals surface area contributed by atoms with E-state index in [1.165, 1.54) is 34.4 Å². The summed E-state index contributed by atoms with van der Waals surface area (Å²) in [7, 11) is -3.00. The third-order valence-electron chi connectivity index (χ3n) is 15.9. The Kier molecular flexibility index (Phi) is 28.6. The molecule has 0 unspecified atom stereocenters. The van der Waals surface area contributed by atoms with Crippen molar-refractivity contribution in [2.24, 2.45) is 11.8 Å². The molecule has 0 aliphatic rings. The van der Waals surface area contributed by atoms with E-state index in [1.54, 1.807) is 36.4 Å². The Morgan fingerprint density at radius 3 is 1.15 bits per heavy atom. The molecule has 6 amide bonds. The molecule has 8 aromatic rings. The van der Waals surface area contributed by atoms with E-state index in [0.717, 1.165) is 60.8 Å². The van der Waals surface area contributed by atoms with Gasteiger partial charge in [-0.1, -0.05) is 188 Å². The molecule has 0 saturated heterocycles. The second-order valence-electron chi connectivity index (χ2n) is 22.7. The number of nitrogens with one attached hydrogen (secondary N) is 4. The minimum Gasteiger partial charge on any atom is -0.489 e. The first-order valence-corrected chi connectivity index (χ1v) is 33.6. The number of nitrogens with zero attached hydrogens (tertiary/aromatic N) is 2. The van der Waals surface area contributed by atoms with E-state index in [2.05, 4.69) is 35.1 Å². The van der Waals surface area contributed by atoms with Crippen molar-refractivity contribution in [1.29, 1.82) is 0 Å². The van der Waals surface area contributed by atoms with E-state index in [-0.39, 0.29) is 86.1 Å². The lowest BCUT2D eigenvalue weighted by Gasteiger charge is -2.32. The normalized spacial score (nSPS) is 12.2. The van der Waals surface area contributed by atoms with Gasteiger partial charge in [0.25, 0.3) is 11.8 Å². The Hall–Kier alpha value is -10.1. The van der Waals surface area contributed by atoms with E-state index in [1.807, 2.05) is 135 Å². The number of amides is 6. The lowest BCUT2D eigenvalue weighted by Crippen LogP contribution is -2.48. The van der Waals surface area contributed by atoms with E-state index >= 15 is 0 Å². The summed E-state index contributed by atoms with van der Waals surface area (Å²) >= 11 is 0. The molecule has 0 aliphatic heterocycles. The predicted octanol–water partition coefficient (Wildman–Crippen LogP) is 14.2. The lowest BCUT2D eigenvalue weighted by molar-refractivity contribution is -0.200. The molecule has 21 nitrogen and oxygen atoms in total. The molecule has 0 bridgehead atoms. The molecular weight excluding hydrogens is 1240 g/mol. The third-order valence-corrected chi connectivity index (χ3v) is 16.6. The van der Waals surface area contributed by atoms with Gasteiger partial charge in [-0.15, -0.1) is 0 Å². The summed E-state index contributed by atoms with van der Waals surface area (Å²) in [5.41, 5.74) is 4.26. The Morgan fingerprint density at radius 1 is 0.448 bits per heavy atom. The lowest BCUT2D eigenvalue weighted by atomic mass is 9.90. The summed E-state index contributed by atoms with van der Waals surface area (Å²) in [5, 5.41) is 13.5. The smallest absolute Gasteiger partial charge is 0.489 e. The fourth-order valence-corrected chi connectivity index (χ4v) is 11.4. The van der Waals surface area contributed by atoms with Crippen LogP contribution in [0.1, 0.15) is 135 Å². The number of carbonyl (C=O) groups is 6. The number of ether oxygens (including phenoxy) is 2. The van der Waals surface area contributed by atoms with Crippen molar-refractivity contribution in [3.63, 3.8) is 0 Å². The zero-order valence-electron chi connectivity index (χ0n) is 54.6. The molecule has 22 heteroatoms. The maximum absolute atomic E-state index is 14.1. The molecule has 504 valence electrons. The number of carbonyl (C=O) groups excluding carboxylic acids is 6. The number of hydrogen-bond acceptors (Lipinski definition) is 15. The Morgan fingerprint density at radius 2 is 0.802 bits per heavy atom. The van der Waals surface area contributed by atoms with E-state index < -0.39 is 44.0 Å². The van der Waals surface area contributed by atoms with Gasteiger partial charge in [-0.3, -0.25) is 38.4 Å². The minimum absolute atomic E-state index is 0.0573. The molecule has 0 spiro atoms. The van der Waals surface area contributed by atoms with Gasteiger partial charge in [0.1, 0.15) is 49.4 Å². The fourth-order valence-electron chi connectivity index (χ4n) is 10.8. The van der Waals surface area contributed by atoms with Crippen molar-refractivity contribution in [1.82, 2.24) is 31.4 Å². The highest BCUT2D eigenvalue weighted by Crippen LogP contribution is 2.40. The molecule has 96 heavy (non-hydrogen) atoms. The molecule has 4 atom stereocenters. The van der Waals surface area contributed by atoms with Gasteiger partial charge in [0, 0.05) is 27.8 Å². The van der Waals surface area contributed by atoms with Gasteiger partial charge < -0.3 is 39.6 Å². The van der Waals surface area contributed by atoms with Gasteiger partial charge in [0.2, 0.25) is 24.6 Å². The van der Waals surface area contributed by atoms with Crippen molar-refractivity contribution in [2.75, 3.05) is 13.3 Å². The Balaban J connectivity index is 0.942. The molecule has 0 saturated carbocycles. The third kappa shape index (κ3) is 22.0. The van der Waals surface area contributed by atoms with Gasteiger partial charge in [-0.2, -0.15) is 0 Å². The van der Waals surface area contributed by atoms with Crippen LogP contribution < -0.4 is 39.8 Å². The second-order valence-corrected chi connectivity index (χ2v) is 23.5. The highest BCUT2D eigenvalue weighted by atomic mass is 31.1. The van der Waals surface area contributed by atoms with Crippen LogP contribution >= 0.6 is 8.25 Å². The Labute approximate surface area is 561 Å². The maximum Gasteiger partial charge on any atom is 0.805 e. The molecular formula is C74H84N6O15P+. The topological polar surface area (TPSA) is 256 Å². The summed E-state index contributed by atoms with van der Waals surface area (Å²) in [6, 6.07) is 52.3. The number of benzene rings is 6. The zero-order chi connectivity index (χ0) is 67.9. The molecule has 8 rings (SSSR count). The molecule has 6 aromatic carbocycles. The Bertz CT molecular complexity index is 3500. The van der Waals surface area contributed by atoms with Crippen molar-refractivity contribution in [2.45, 2.75) is 130 Å². The molecule has 2 aromatic heterocycles. The average molecular weight is 1330 g/mol. The van der Waals surface area contributed by atoms with Crippen molar-refractivity contribution in [3.05, 3.63) is 216 Å². The van der Waals surface area contributed by atoms with Crippen LogP contribution in [0.15, 0.2) is 191 Å². The van der Waals surface area contributed by atoms with Crippen LogP contribution in [0.4, 0.5) is 0 Å². The summed E-state index contributed by atoms with van der Waals surface area (Å²) in [5.74, 6) is -2.17. The largest absolute Gasteiger partial charge is 0.805 e. The van der Waals surface area contributed by atoms with Crippen LogP contribution in [0.2, 0.25) is 0 Å². The van der Waals surface area contributed by atoms with Crippen LogP contribution in [0.25, 0.3) is 22.6 Å². The SMILES string of the molecule is CCCCC[C@@H](C(=O)NCNC(=O)c1ccc(-c2cc(OCc3ccccc3)cc(O[P+](=O)Oc3cc(OCc4ccccc4)cc(-c4ccc(C(=O)NCNC(=O)[C@H](CCCCC)[C@@H](CC)N(C=O)OCc5ccccc5)o4)c3)c2)o1)[C@@H](CC)N(C=O)OCc1ccccc1. The first kappa shape index (κ1) is 71.8.